The Bertz CT molecular complexity index is 635. The molecule has 2 aromatic carbocycles. The molecule has 0 saturated carbocycles. The Hall–Kier alpha value is -2.15. The third-order valence-corrected chi connectivity index (χ3v) is 3.96. The molecule has 0 saturated heterocycles. The first-order valence-electron chi connectivity index (χ1n) is 7.10. The van der Waals surface area contributed by atoms with Crippen molar-refractivity contribution in [2.75, 3.05) is 0 Å². The fourth-order valence-electron chi connectivity index (χ4n) is 2.85. The Labute approximate surface area is 120 Å². The van der Waals surface area contributed by atoms with Gasteiger partial charge < -0.3 is 0 Å². The van der Waals surface area contributed by atoms with Crippen LogP contribution < -0.4 is 0 Å². The summed E-state index contributed by atoms with van der Waals surface area (Å²) < 4.78 is 0. The molecule has 3 rings (SSSR count). The molecule has 0 aliphatic heterocycles. The number of aryl methyl sites for hydroxylation is 1. The minimum Gasteiger partial charge on any atom is -0.295 e. The van der Waals surface area contributed by atoms with Gasteiger partial charge in [0.15, 0.2) is 5.78 Å². The van der Waals surface area contributed by atoms with Crippen molar-refractivity contribution in [1.29, 1.82) is 0 Å². The van der Waals surface area contributed by atoms with Crippen LogP contribution in [0.3, 0.4) is 0 Å². The van der Waals surface area contributed by atoms with Crippen molar-refractivity contribution in [2.24, 2.45) is 0 Å². The first kappa shape index (κ1) is 12.9. The topological polar surface area (TPSA) is 17.1 Å². The number of carbonyl (C=O) groups is 1. The lowest BCUT2D eigenvalue weighted by atomic mass is 9.79. The molecular weight excluding hydrogens is 244 g/mol. The van der Waals surface area contributed by atoms with Gasteiger partial charge in [-0.25, -0.2) is 0 Å². The van der Waals surface area contributed by atoms with E-state index in [1.165, 1.54) is 11.1 Å². The number of ketones is 1. The Kier molecular flexibility index (Phi) is 3.51. The maximum Gasteiger partial charge on any atom is 0.156 e. The molecule has 1 nitrogen and oxygen atoms in total. The molecule has 0 amide bonds. The molecule has 1 aliphatic rings. The zero-order valence-electron chi connectivity index (χ0n) is 11.7. The van der Waals surface area contributed by atoms with Crippen LogP contribution in [0.1, 0.15) is 35.4 Å². The third-order valence-electron chi connectivity index (χ3n) is 3.96. The molecule has 0 bridgehead atoms. The molecule has 0 N–H and O–H groups in total. The Morgan fingerprint density at radius 1 is 0.950 bits per heavy atom. The summed E-state index contributed by atoms with van der Waals surface area (Å²) in [6.45, 7) is 2.08. The number of allylic oxidation sites excluding steroid dienone is 2. The second-order valence-electron chi connectivity index (χ2n) is 5.43. The quantitative estimate of drug-likeness (QED) is 0.777. The van der Waals surface area contributed by atoms with E-state index in [0.717, 1.165) is 17.6 Å². The van der Waals surface area contributed by atoms with Crippen molar-refractivity contribution in [3.05, 3.63) is 77.4 Å². The SMILES string of the molecule is Cc1ccc(C2=CC(=O)CCC2c2ccccc2)cc1. The Balaban J connectivity index is 2.03. The van der Waals surface area contributed by atoms with E-state index in [4.69, 9.17) is 0 Å². The Morgan fingerprint density at radius 2 is 1.65 bits per heavy atom. The lowest BCUT2D eigenvalue weighted by Crippen LogP contribution is -2.12. The summed E-state index contributed by atoms with van der Waals surface area (Å²) in [5.41, 5.74) is 4.87. The lowest BCUT2D eigenvalue weighted by molar-refractivity contribution is -0.114. The van der Waals surface area contributed by atoms with Crippen molar-refractivity contribution < 1.29 is 4.79 Å². The molecule has 100 valence electrons. The highest BCUT2D eigenvalue weighted by Crippen LogP contribution is 2.38. The smallest absolute Gasteiger partial charge is 0.156 e. The average Bonchev–Trinajstić information content (AvgIpc) is 2.49. The molecule has 0 radical (unpaired) electrons. The highest BCUT2D eigenvalue weighted by atomic mass is 16.1. The minimum absolute atomic E-state index is 0.243. The van der Waals surface area contributed by atoms with Crippen molar-refractivity contribution in [1.82, 2.24) is 0 Å². The summed E-state index contributed by atoms with van der Waals surface area (Å²) in [7, 11) is 0. The fourth-order valence-corrected chi connectivity index (χ4v) is 2.85. The van der Waals surface area contributed by atoms with E-state index in [1.807, 2.05) is 12.1 Å². The van der Waals surface area contributed by atoms with Crippen LogP contribution >= 0.6 is 0 Å². The molecule has 20 heavy (non-hydrogen) atoms. The molecule has 1 atom stereocenters. The molecule has 0 fully saturated rings. The summed E-state index contributed by atoms with van der Waals surface area (Å²) in [6.07, 6.45) is 3.39. The molecule has 1 aliphatic carbocycles. The van der Waals surface area contributed by atoms with Crippen LogP contribution in [0.25, 0.3) is 5.57 Å². The van der Waals surface area contributed by atoms with Gasteiger partial charge in [-0.2, -0.15) is 0 Å². The van der Waals surface area contributed by atoms with Gasteiger partial charge in [0.2, 0.25) is 0 Å². The predicted octanol–water partition coefficient (Wildman–Crippen LogP) is 4.53. The van der Waals surface area contributed by atoms with Crippen LogP contribution in [0.15, 0.2) is 60.7 Å². The summed E-state index contributed by atoms with van der Waals surface area (Å²) in [4.78, 5) is 11.8. The number of carbonyl (C=O) groups excluding carboxylic acids is 1. The van der Waals surface area contributed by atoms with Crippen LogP contribution in [-0.2, 0) is 4.79 Å². The van der Waals surface area contributed by atoms with Crippen LogP contribution in [0.5, 0.6) is 0 Å². The maximum absolute atomic E-state index is 11.8. The molecular formula is C19H18O. The summed E-state index contributed by atoms with van der Waals surface area (Å²) in [5, 5.41) is 0. The van der Waals surface area contributed by atoms with E-state index in [9.17, 15) is 4.79 Å². The molecule has 1 heteroatoms. The Morgan fingerprint density at radius 3 is 2.35 bits per heavy atom. The molecule has 2 aromatic rings. The highest BCUT2D eigenvalue weighted by Gasteiger charge is 2.23. The number of benzene rings is 2. The van der Waals surface area contributed by atoms with Crippen molar-refractivity contribution in [3.8, 4) is 0 Å². The maximum atomic E-state index is 11.8. The summed E-state index contributed by atoms with van der Waals surface area (Å²) in [5.74, 6) is 0.573. The standard InChI is InChI=1S/C19H18O/c1-14-7-9-16(10-8-14)19-13-17(20)11-12-18(19)15-5-3-2-4-6-15/h2-10,13,18H,11-12H2,1H3. The third kappa shape index (κ3) is 2.57. The first-order chi connectivity index (χ1) is 9.74. The van der Waals surface area contributed by atoms with Gasteiger partial charge in [-0.1, -0.05) is 60.2 Å². The van der Waals surface area contributed by atoms with Gasteiger partial charge in [-0.05, 0) is 36.1 Å². The van der Waals surface area contributed by atoms with E-state index < -0.39 is 0 Å². The normalized spacial score (nSPS) is 18.8. The van der Waals surface area contributed by atoms with Gasteiger partial charge in [0, 0.05) is 12.3 Å². The van der Waals surface area contributed by atoms with Gasteiger partial charge in [0.25, 0.3) is 0 Å². The van der Waals surface area contributed by atoms with Crippen molar-refractivity contribution >= 4 is 11.4 Å². The zero-order valence-corrected chi connectivity index (χ0v) is 11.7. The summed E-state index contributed by atoms with van der Waals surface area (Å²) in [6, 6.07) is 18.9. The van der Waals surface area contributed by atoms with Crippen LogP contribution in [0.2, 0.25) is 0 Å². The van der Waals surface area contributed by atoms with Crippen LogP contribution in [-0.4, -0.2) is 5.78 Å². The summed E-state index contributed by atoms with van der Waals surface area (Å²) >= 11 is 0. The highest BCUT2D eigenvalue weighted by molar-refractivity contribution is 5.99. The average molecular weight is 262 g/mol. The molecule has 1 unspecified atom stereocenters. The van der Waals surface area contributed by atoms with Crippen LogP contribution in [0.4, 0.5) is 0 Å². The van der Waals surface area contributed by atoms with E-state index in [-0.39, 0.29) is 5.78 Å². The van der Waals surface area contributed by atoms with Gasteiger partial charge in [-0.15, -0.1) is 0 Å². The predicted molar refractivity (Wildman–Crippen MR) is 82.6 cm³/mol. The monoisotopic (exact) mass is 262 g/mol. The van der Waals surface area contributed by atoms with Gasteiger partial charge in [-0.3, -0.25) is 4.79 Å². The van der Waals surface area contributed by atoms with Crippen LogP contribution in [0, 0.1) is 6.92 Å². The van der Waals surface area contributed by atoms with Gasteiger partial charge >= 0.3 is 0 Å². The molecule has 0 aromatic heterocycles. The van der Waals surface area contributed by atoms with E-state index in [2.05, 4.69) is 55.5 Å². The van der Waals surface area contributed by atoms with Crippen molar-refractivity contribution in [2.45, 2.75) is 25.7 Å². The molecule has 0 spiro atoms. The lowest BCUT2D eigenvalue weighted by Gasteiger charge is -2.24. The largest absolute Gasteiger partial charge is 0.295 e. The van der Waals surface area contributed by atoms with E-state index in [1.54, 1.807) is 0 Å². The van der Waals surface area contributed by atoms with Gasteiger partial charge in [0.05, 0.1) is 0 Å². The first-order valence-corrected chi connectivity index (χ1v) is 7.10. The fraction of sp³-hybridized carbons (Fsp3) is 0.211. The van der Waals surface area contributed by atoms with Crippen molar-refractivity contribution in [3.63, 3.8) is 0 Å². The zero-order chi connectivity index (χ0) is 13.9. The van der Waals surface area contributed by atoms with E-state index >= 15 is 0 Å². The number of hydrogen-bond acceptors (Lipinski definition) is 1. The minimum atomic E-state index is 0.243. The number of hydrogen-bond donors (Lipinski definition) is 0. The second kappa shape index (κ2) is 5.46. The van der Waals surface area contributed by atoms with Gasteiger partial charge in [0.1, 0.15) is 0 Å². The van der Waals surface area contributed by atoms with E-state index in [0.29, 0.717) is 12.3 Å². The number of rotatable bonds is 2. The molecule has 0 heterocycles. The second-order valence-corrected chi connectivity index (χ2v) is 5.43.